The number of hydrogen-bond acceptors (Lipinski definition) is 6. The number of hydrogen-bond donors (Lipinski definition) is 2. The van der Waals surface area contributed by atoms with Gasteiger partial charge in [0.1, 0.15) is 36.1 Å². The van der Waals surface area contributed by atoms with E-state index in [-0.39, 0.29) is 5.54 Å². The van der Waals surface area contributed by atoms with Crippen molar-refractivity contribution in [3.8, 4) is 11.5 Å². The van der Waals surface area contributed by atoms with Crippen LogP contribution in [0.3, 0.4) is 0 Å². The van der Waals surface area contributed by atoms with Crippen molar-refractivity contribution in [2.24, 2.45) is 0 Å². The van der Waals surface area contributed by atoms with E-state index in [9.17, 15) is 0 Å². The molecule has 0 saturated heterocycles. The van der Waals surface area contributed by atoms with E-state index in [1.54, 1.807) is 13.4 Å². The SMILES string of the molecule is COc1ccc(OCCNc2cc(NC(C)(C)C)ncn2)cc1. The van der Waals surface area contributed by atoms with Crippen molar-refractivity contribution in [2.45, 2.75) is 26.3 Å². The molecule has 6 nitrogen and oxygen atoms in total. The second-order valence-electron chi connectivity index (χ2n) is 6.11. The van der Waals surface area contributed by atoms with Crippen LogP contribution in [0.1, 0.15) is 20.8 Å². The number of aromatic nitrogens is 2. The maximum atomic E-state index is 5.66. The van der Waals surface area contributed by atoms with E-state index in [4.69, 9.17) is 9.47 Å². The molecule has 0 fully saturated rings. The molecule has 2 N–H and O–H groups in total. The minimum absolute atomic E-state index is 0.0386. The zero-order valence-electron chi connectivity index (χ0n) is 14.1. The molecule has 124 valence electrons. The normalized spacial score (nSPS) is 11.0. The third kappa shape index (κ3) is 6.02. The minimum atomic E-state index is -0.0386. The average Bonchev–Trinajstić information content (AvgIpc) is 2.51. The van der Waals surface area contributed by atoms with E-state index in [0.717, 1.165) is 23.1 Å². The lowest BCUT2D eigenvalue weighted by atomic mass is 10.1. The predicted octanol–water partition coefficient (Wildman–Crippen LogP) is 3.19. The summed E-state index contributed by atoms with van der Waals surface area (Å²) in [6, 6.07) is 9.40. The molecule has 1 aromatic heterocycles. The summed E-state index contributed by atoms with van der Waals surface area (Å²) in [6.45, 7) is 7.46. The number of nitrogens with one attached hydrogen (secondary N) is 2. The Morgan fingerprint density at radius 3 is 2.30 bits per heavy atom. The lowest BCUT2D eigenvalue weighted by Gasteiger charge is -2.21. The van der Waals surface area contributed by atoms with Crippen molar-refractivity contribution in [2.75, 3.05) is 30.9 Å². The zero-order valence-corrected chi connectivity index (χ0v) is 14.1. The summed E-state index contributed by atoms with van der Waals surface area (Å²) < 4.78 is 10.8. The summed E-state index contributed by atoms with van der Waals surface area (Å²) in [4.78, 5) is 8.41. The van der Waals surface area contributed by atoms with Crippen LogP contribution < -0.4 is 20.1 Å². The first-order chi connectivity index (χ1) is 11.0. The Labute approximate surface area is 137 Å². The predicted molar refractivity (Wildman–Crippen MR) is 92.4 cm³/mol. The summed E-state index contributed by atoms with van der Waals surface area (Å²) >= 11 is 0. The highest BCUT2D eigenvalue weighted by Crippen LogP contribution is 2.17. The quantitative estimate of drug-likeness (QED) is 0.765. The molecule has 0 bridgehead atoms. The van der Waals surface area contributed by atoms with Crippen LogP contribution in [-0.4, -0.2) is 35.8 Å². The van der Waals surface area contributed by atoms with E-state index in [0.29, 0.717) is 13.2 Å². The molecule has 2 aromatic rings. The van der Waals surface area contributed by atoms with Gasteiger partial charge in [-0.1, -0.05) is 0 Å². The van der Waals surface area contributed by atoms with Gasteiger partial charge >= 0.3 is 0 Å². The number of nitrogens with zero attached hydrogens (tertiary/aromatic N) is 2. The maximum Gasteiger partial charge on any atom is 0.131 e. The van der Waals surface area contributed by atoms with Gasteiger partial charge in [-0.3, -0.25) is 0 Å². The van der Waals surface area contributed by atoms with E-state index >= 15 is 0 Å². The van der Waals surface area contributed by atoms with Crippen LogP contribution >= 0.6 is 0 Å². The fourth-order valence-corrected chi connectivity index (χ4v) is 1.93. The molecule has 0 aliphatic heterocycles. The zero-order chi connectivity index (χ0) is 16.7. The van der Waals surface area contributed by atoms with E-state index in [1.165, 1.54) is 0 Å². The van der Waals surface area contributed by atoms with Gasteiger partial charge in [-0.05, 0) is 45.0 Å². The van der Waals surface area contributed by atoms with Gasteiger partial charge in [0.15, 0.2) is 0 Å². The third-order valence-electron chi connectivity index (χ3n) is 2.91. The smallest absolute Gasteiger partial charge is 0.131 e. The van der Waals surface area contributed by atoms with E-state index < -0.39 is 0 Å². The fraction of sp³-hybridized carbons (Fsp3) is 0.412. The van der Waals surface area contributed by atoms with Gasteiger partial charge in [-0.2, -0.15) is 0 Å². The molecule has 2 rings (SSSR count). The van der Waals surface area contributed by atoms with Crippen LogP contribution in [0, 0.1) is 0 Å². The van der Waals surface area contributed by atoms with Gasteiger partial charge in [0.05, 0.1) is 13.7 Å². The first-order valence-corrected chi connectivity index (χ1v) is 7.57. The van der Waals surface area contributed by atoms with Gasteiger partial charge in [-0.15, -0.1) is 0 Å². The molecule has 6 heteroatoms. The highest BCUT2D eigenvalue weighted by atomic mass is 16.5. The first kappa shape index (κ1) is 16.9. The van der Waals surface area contributed by atoms with Crippen LogP contribution in [-0.2, 0) is 0 Å². The summed E-state index contributed by atoms with van der Waals surface area (Å²) in [6.07, 6.45) is 1.54. The lowest BCUT2D eigenvalue weighted by Crippen LogP contribution is -2.26. The molecule has 0 amide bonds. The molecule has 0 atom stereocenters. The molecular formula is C17H24N4O2. The molecule has 0 saturated carbocycles. The minimum Gasteiger partial charge on any atom is -0.497 e. The standard InChI is InChI=1S/C17H24N4O2/c1-17(2,3)21-16-11-15(19-12-20-16)18-9-10-23-14-7-5-13(22-4)6-8-14/h5-8,11-12H,9-10H2,1-4H3,(H2,18,19,20,21). The average molecular weight is 316 g/mol. The van der Waals surface area contributed by atoms with Gasteiger partial charge < -0.3 is 20.1 Å². The second kappa shape index (κ2) is 7.67. The van der Waals surface area contributed by atoms with Crippen molar-refractivity contribution in [1.29, 1.82) is 0 Å². The highest BCUT2D eigenvalue weighted by Gasteiger charge is 2.10. The largest absolute Gasteiger partial charge is 0.497 e. The monoisotopic (exact) mass is 316 g/mol. The maximum absolute atomic E-state index is 5.66. The third-order valence-corrected chi connectivity index (χ3v) is 2.91. The van der Waals surface area contributed by atoms with Crippen molar-refractivity contribution >= 4 is 11.6 Å². The molecule has 1 aromatic carbocycles. The van der Waals surface area contributed by atoms with Crippen molar-refractivity contribution in [1.82, 2.24) is 9.97 Å². The molecule has 0 radical (unpaired) electrons. The van der Waals surface area contributed by atoms with Gasteiger partial charge in [0, 0.05) is 11.6 Å². The summed E-state index contributed by atoms with van der Waals surface area (Å²) in [5.74, 6) is 3.19. The van der Waals surface area contributed by atoms with Crippen molar-refractivity contribution < 1.29 is 9.47 Å². The molecular weight excluding hydrogens is 292 g/mol. The van der Waals surface area contributed by atoms with Crippen molar-refractivity contribution in [3.05, 3.63) is 36.7 Å². The molecule has 0 aliphatic rings. The van der Waals surface area contributed by atoms with Crippen molar-refractivity contribution in [3.63, 3.8) is 0 Å². The molecule has 0 spiro atoms. The summed E-state index contributed by atoms with van der Waals surface area (Å²) in [5, 5.41) is 6.54. The Morgan fingerprint density at radius 1 is 1.00 bits per heavy atom. The van der Waals surface area contributed by atoms with Crippen LogP contribution in [0.25, 0.3) is 0 Å². The number of benzene rings is 1. The molecule has 1 heterocycles. The Kier molecular flexibility index (Phi) is 5.62. The van der Waals surface area contributed by atoms with Crippen LogP contribution in [0.5, 0.6) is 11.5 Å². The highest BCUT2D eigenvalue weighted by molar-refractivity contribution is 5.47. The molecule has 0 aliphatic carbocycles. The van der Waals surface area contributed by atoms with Gasteiger partial charge in [0.2, 0.25) is 0 Å². The van der Waals surface area contributed by atoms with Crippen LogP contribution in [0.2, 0.25) is 0 Å². The Morgan fingerprint density at radius 2 is 1.65 bits per heavy atom. The Bertz CT molecular complexity index is 609. The van der Waals surface area contributed by atoms with Gasteiger partial charge in [-0.25, -0.2) is 9.97 Å². The summed E-state index contributed by atoms with van der Waals surface area (Å²) in [7, 11) is 1.64. The lowest BCUT2D eigenvalue weighted by molar-refractivity contribution is 0.331. The summed E-state index contributed by atoms with van der Waals surface area (Å²) in [5.41, 5.74) is -0.0386. The number of rotatable bonds is 7. The number of ether oxygens (including phenoxy) is 2. The number of methoxy groups -OCH3 is 1. The van der Waals surface area contributed by atoms with E-state index in [2.05, 4.69) is 41.4 Å². The number of anilines is 2. The Hall–Kier alpha value is -2.50. The van der Waals surface area contributed by atoms with Crippen LogP contribution in [0.15, 0.2) is 36.7 Å². The second-order valence-corrected chi connectivity index (χ2v) is 6.11. The molecule has 0 unspecified atom stereocenters. The van der Waals surface area contributed by atoms with Crippen LogP contribution in [0.4, 0.5) is 11.6 Å². The molecule has 23 heavy (non-hydrogen) atoms. The first-order valence-electron chi connectivity index (χ1n) is 7.57. The Balaban J connectivity index is 1.78. The topological polar surface area (TPSA) is 68.3 Å². The fourth-order valence-electron chi connectivity index (χ4n) is 1.93. The van der Waals surface area contributed by atoms with Gasteiger partial charge in [0.25, 0.3) is 0 Å². The van der Waals surface area contributed by atoms with E-state index in [1.807, 2.05) is 30.3 Å².